The second-order valence-corrected chi connectivity index (χ2v) is 7.62. The Hall–Kier alpha value is -1.64. The first-order valence-corrected chi connectivity index (χ1v) is 8.79. The molecular formula is C13H17N3O3S2. The van der Waals surface area contributed by atoms with Gasteiger partial charge in [-0.2, -0.15) is 0 Å². The summed E-state index contributed by atoms with van der Waals surface area (Å²) in [5, 5.41) is 0.909. The van der Waals surface area contributed by atoms with E-state index in [0.29, 0.717) is 11.4 Å². The highest BCUT2D eigenvalue weighted by Crippen LogP contribution is 2.19. The lowest BCUT2D eigenvalue weighted by molar-refractivity contribution is 0.342. The van der Waals surface area contributed by atoms with Crippen LogP contribution in [0.1, 0.15) is 9.88 Å². The van der Waals surface area contributed by atoms with Gasteiger partial charge in [0.1, 0.15) is 12.4 Å². The van der Waals surface area contributed by atoms with Crippen LogP contribution < -0.4 is 15.2 Å². The number of nitrogens with zero attached hydrogens (tertiary/aromatic N) is 1. The molecule has 6 nitrogen and oxygen atoms in total. The summed E-state index contributed by atoms with van der Waals surface area (Å²) in [6, 6.07) is 6.98. The van der Waals surface area contributed by atoms with Crippen molar-refractivity contribution in [2.45, 2.75) is 13.5 Å². The first kappa shape index (κ1) is 15.7. The number of benzene rings is 1. The SMILES string of the molecule is Cc1ncc(CNS(=O)(=O)CCOc2ccccc2N)s1. The first-order chi connectivity index (χ1) is 9.96. The number of nitrogen functional groups attached to an aromatic ring is 1. The lowest BCUT2D eigenvalue weighted by Crippen LogP contribution is -2.28. The number of aromatic nitrogens is 1. The van der Waals surface area contributed by atoms with E-state index in [1.165, 1.54) is 11.3 Å². The van der Waals surface area contributed by atoms with Gasteiger partial charge in [-0.15, -0.1) is 11.3 Å². The number of anilines is 1. The minimum Gasteiger partial charge on any atom is -0.490 e. The predicted octanol–water partition coefficient (Wildman–Crippen LogP) is 1.53. The number of nitrogens with two attached hydrogens (primary N) is 1. The molecule has 8 heteroatoms. The first-order valence-electron chi connectivity index (χ1n) is 6.32. The van der Waals surface area contributed by atoms with Crippen LogP contribution in [0.25, 0.3) is 0 Å². The van der Waals surface area contributed by atoms with Crippen molar-refractivity contribution in [3.05, 3.63) is 40.3 Å². The number of para-hydroxylation sites is 2. The van der Waals surface area contributed by atoms with E-state index in [4.69, 9.17) is 10.5 Å². The smallest absolute Gasteiger partial charge is 0.215 e. The fourth-order valence-corrected chi connectivity index (χ4v) is 3.26. The van der Waals surface area contributed by atoms with Crippen LogP contribution in [0.4, 0.5) is 5.69 Å². The van der Waals surface area contributed by atoms with Crippen LogP contribution in [-0.2, 0) is 16.6 Å². The van der Waals surface area contributed by atoms with Crippen molar-refractivity contribution in [3.63, 3.8) is 0 Å². The number of ether oxygens (including phenoxy) is 1. The second kappa shape index (κ2) is 6.88. The molecule has 21 heavy (non-hydrogen) atoms. The second-order valence-electron chi connectivity index (χ2n) is 4.37. The summed E-state index contributed by atoms with van der Waals surface area (Å²) < 4.78 is 31.6. The van der Waals surface area contributed by atoms with E-state index < -0.39 is 10.0 Å². The van der Waals surface area contributed by atoms with Gasteiger partial charge in [0.05, 0.1) is 16.4 Å². The third-order valence-electron chi connectivity index (χ3n) is 2.66. The molecule has 0 radical (unpaired) electrons. The number of nitrogens with one attached hydrogen (secondary N) is 1. The molecule has 114 valence electrons. The largest absolute Gasteiger partial charge is 0.490 e. The van der Waals surface area contributed by atoms with Crippen molar-refractivity contribution < 1.29 is 13.2 Å². The molecule has 2 aromatic rings. The molecule has 0 aliphatic carbocycles. The number of aryl methyl sites for hydroxylation is 1. The zero-order valence-electron chi connectivity index (χ0n) is 11.6. The number of sulfonamides is 1. The highest BCUT2D eigenvalue weighted by Gasteiger charge is 2.11. The quantitative estimate of drug-likeness (QED) is 0.752. The molecule has 0 spiro atoms. The zero-order chi connectivity index (χ0) is 15.3. The van der Waals surface area contributed by atoms with Gasteiger partial charge in [-0.25, -0.2) is 18.1 Å². The average Bonchev–Trinajstić information content (AvgIpc) is 2.85. The molecule has 0 aliphatic rings. The molecule has 2 rings (SSSR count). The maximum absolute atomic E-state index is 11.8. The van der Waals surface area contributed by atoms with Crippen LogP contribution >= 0.6 is 11.3 Å². The third-order valence-corrected chi connectivity index (χ3v) is 4.87. The highest BCUT2D eigenvalue weighted by molar-refractivity contribution is 7.89. The Morgan fingerprint density at radius 1 is 1.38 bits per heavy atom. The Bertz CT molecular complexity index is 698. The van der Waals surface area contributed by atoms with Gasteiger partial charge in [-0.05, 0) is 19.1 Å². The van der Waals surface area contributed by atoms with E-state index >= 15 is 0 Å². The summed E-state index contributed by atoms with van der Waals surface area (Å²) in [5.74, 6) is 0.366. The fraction of sp³-hybridized carbons (Fsp3) is 0.308. The maximum atomic E-state index is 11.8. The van der Waals surface area contributed by atoms with E-state index in [1.54, 1.807) is 30.5 Å². The van der Waals surface area contributed by atoms with Crippen LogP contribution in [0.2, 0.25) is 0 Å². The minimum absolute atomic E-state index is 0.0469. The topological polar surface area (TPSA) is 94.3 Å². The molecule has 0 fully saturated rings. The lowest BCUT2D eigenvalue weighted by atomic mass is 10.3. The molecule has 0 bridgehead atoms. The minimum atomic E-state index is -3.39. The van der Waals surface area contributed by atoms with E-state index in [9.17, 15) is 8.42 Å². The number of hydrogen-bond acceptors (Lipinski definition) is 6. The number of thiazole rings is 1. The molecule has 1 aromatic carbocycles. The van der Waals surface area contributed by atoms with E-state index in [2.05, 4.69) is 9.71 Å². The fourth-order valence-electron chi connectivity index (χ4n) is 1.61. The molecule has 1 aromatic heterocycles. The van der Waals surface area contributed by atoms with Gasteiger partial charge >= 0.3 is 0 Å². The van der Waals surface area contributed by atoms with Crippen LogP contribution in [-0.4, -0.2) is 25.8 Å². The van der Waals surface area contributed by atoms with Crippen LogP contribution in [0.15, 0.2) is 30.5 Å². The Balaban J connectivity index is 1.80. The average molecular weight is 327 g/mol. The standard InChI is InChI=1S/C13H17N3O3S2/c1-10-15-8-11(20-10)9-16-21(17,18)7-6-19-13-5-3-2-4-12(13)14/h2-5,8,16H,6-7,9,14H2,1H3. The Labute approximate surface area is 128 Å². The normalized spacial score (nSPS) is 11.5. The van der Waals surface area contributed by atoms with Gasteiger partial charge in [0.2, 0.25) is 10.0 Å². The van der Waals surface area contributed by atoms with E-state index in [1.807, 2.05) is 6.92 Å². The highest BCUT2D eigenvalue weighted by atomic mass is 32.2. The summed E-state index contributed by atoms with van der Waals surface area (Å²) in [7, 11) is -3.39. The van der Waals surface area contributed by atoms with Crippen molar-refractivity contribution in [1.82, 2.24) is 9.71 Å². The molecule has 0 aliphatic heterocycles. The van der Waals surface area contributed by atoms with E-state index in [0.717, 1.165) is 9.88 Å². The Kier molecular flexibility index (Phi) is 5.16. The third kappa shape index (κ3) is 5.00. The molecule has 0 atom stereocenters. The molecule has 0 saturated heterocycles. The van der Waals surface area contributed by atoms with Crippen molar-refractivity contribution in [2.75, 3.05) is 18.1 Å². The number of rotatable bonds is 7. The van der Waals surface area contributed by atoms with Crippen molar-refractivity contribution in [1.29, 1.82) is 0 Å². The van der Waals surface area contributed by atoms with Crippen LogP contribution in [0, 0.1) is 6.92 Å². The maximum Gasteiger partial charge on any atom is 0.215 e. The summed E-state index contributed by atoms with van der Waals surface area (Å²) >= 11 is 1.47. The molecule has 0 saturated carbocycles. The van der Waals surface area contributed by atoms with Gasteiger partial charge in [0.15, 0.2) is 0 Å². The molecular weight excluding hydrogens is 310 g/mol. The summed E-state index contributed by atoms with van der Waals surface area (Å²) in [5.41, 5.74) is 6.20. The predicted molar refractivity (Wildman–Crippen MR) is 83.8 cm³/mol. The van der Waals surface area contributed by atoms with Gasteiger partial charge < -0.3 is 10.5 Å². The molecule has 0 unspecified atom stereocenters. The van der Waals surface area contributed by atoms with Gasteiger partial charge in [-0.3, -0.25) is 0 Å². The lowest BCUT2D eigenvalue weighted by Gasteiger charge is -2.09. The molecule has 0 amide bonds. The van der Waals surface area contributed by atoms with Crippen molar-refractivity contribution in [2.24, 2.45) is 0 Å². The van der Waals surface area contributed by atoms with Gasteiger partial charge in [0, 0.05) is 17.6 Å². The monoisotopic (exact) mass is 327 g/mol. The summed E-state index contributed by atoms with van der Waals surface area (Å²) in [6.07, 6.45) is 1.67. The van der Waals surface area contributed by atoms with Crippen LogP contribution in [0.3, 0.4) is 0 Å². The van der Waals surface area contributed by atoms with Gasteiger partial charge in [0.25, 0.3) is 0 Å². The molecule has 3 N–H and O–H groups in total. The number of hydrogen-bond donors (Lipinski definition) is 2. The van der Waals surface area contributed by atoms with Gasteiger partial charge in [-0.1, -0.05) is 12.1 Å². The van der Waals surface area contributed by atoms with E-state index in [-0.39, 0.29) is 18.9 Å². The summed E-state index contributed by atoms with van der Waals surface area (Å²) in [4.78, 5) is 4.95. The Morgan fingerprint density at radius 3 is 2.81 bits per heavy atom. The Morgan fingerprint density at radius 2 is 2.14 bits per heavy atom. The summed E-state index contributed by atoms with van der Waals surface area (Å²) in [6.45, 7) is 2.17. The van der Waals surface area contributed by atoms with Crippen molar-refractivity contribution in [3.8, 4) is 5.75 Å². The molecule has 1 heterocycles. The van der Waals surface area contributed by atoms with Crippen LogP contribution in [0.5, 0.6) is 5.75 Å². The zero-order valence-corrected chi connectivity index (χ0v) is 13.2. The van der Waals surface area contributed by atoms with Crippen molar-refractivity contribution >= 4 is 27.0 Å².